The van der Waals surface area contributed by atoms with Gasteiger partial charge in [-0.1, -0.05) is 62.2 Å². The van der Waals surface area contributed by atoms with Crippen molar-refractivity contribution in [2.75, 3.05) is 11.9 Å². The molecule has 0 spiro atoms. The first-order chi connectivity index (χ1) is 17.5. The second-order valence-corrected chi connectivity index (χ2v) is 10.3. The molecule has 7 nitrogen and oxygen atoms in total. The number of halogens is 3. The zero-order chi connectivity index (χ0) is 26.7. The third-order valence-electron chi connectivity index (χ3n) is 5.28. The Hall–Kier alpha value is -3.75. The van der Waals surface area contributed by atoms with E-state index in [1.54, 1.807) is 12.1 Å². The van der Waals surface area contributed by atoms with Crippen LogP contribution in [0.3, 0.4) is 0 Å². The number of para-hydroxylation sites is 1. The van der Waals surface area contributed by atoms with Crippen LogP contribution in [0.2, 0.25) is 10.0 Å². The molecular formula is C27H24Cl2FN5O2. The first kappa shape index (κ1) is 26.3. The highest BCUT2D eigenvalue weighted by molar-refractivity contribution is 6.38. The lowest BCUT2D eigenvalue weighted by atomic mass is 9.97. The number of hydrogen-bond acceptors (Lipinski definition) is 4. The van der Waals surface area contributed by atoms with E-state index in [1.807, 2.05) is 39.0 Å². The van der Waals surface area contributed by atoms with E-state index in [9.17, 15) is 14.0 Å². The molecule has 37 heavy (non-hydrogen) atoms. The maximum atomic E-state index is 14.4. The average molecular weight is 540 g/mol. The van der Waals surface area contributed by atoms with Crippen molar-refractivity contribution in [2.24, 2.45) is 5.41 Å². The maximum absolute atomic E-state index is 14.4. The van der Waals surface area contributed by atoms with Crippen molar-refractivity contribution in [1.29, 1.82) is 0 Å². The van der Waals surface area contributed by atoms with Gasteiger partial charge in [-0.25, -0.2) is 9.07 Å². The Morgan fingerprint density at radius 2 is 1.70 bits per heavy atom. The Morgan fingerprint density at radius 1 is 0.973 bits per heavy atom. The predicted octanol–water partition coefficient (Wildman–Crippen LogP) is 6.41. The molecule has 0 aliphatic heterocycles. The van der Waals surface area contributed by atoms with Crippen molar-refractivity contribution in [3.05, 3.63) is 94.0 Å². The number of rotatable bonds is 6. The molecule has 0 aliphatic carbocycles. The zero-order valence-electron chi connectivity index (χ0n) is 20.3. The maximum Gasteiger partial charge on any atom is 0.271 e. The van der Waals surface area contributed by atoms with Gasteiger partial charge in [-0.05, 0) is 41.8 Å². The summed E-state index contributed by atoms with van der Waals surface area (Å²) in [7, 11) is 0. The van der Waals surface area contributed by atoms with Crippen molar-refractivity contribution < 1.29 is 14.0 Å². The van der Waals surface area contributed by atoms with Crippen LogP contribution in [-0.4, -0.2) is 33.1 Å². The normalized spacial score (nSPS) is 11.3. The molecule has 4 aromatic rings. The van der Waals surface area contributed by atoms with Crippen LogP contribution in [0.1, 0.15) is 41.6 Å². The molecule has 4 rings (SSSR count). The van der Waals surface area contributed by atoms with Crippen LogP contribution >= 0.6 is 23.2 Å². The Balaban J connectivity index is 1.70. The van der Waals surface area contributed by atoms with Crippen molar-refractivity contribution >= 4 is 40.8 Å². The highest BCUT2D eigenvalue weighted by Gasteiger charge is 2.22. The van der Waals surface area contributed by atoms with Crippen LogP contribution in [-0.2, 0) is 0 Å². The van der Waals surface area contributed by atoms with Crippen LogP contribution in [0.25, 0.3) is 16.9 Å². The number of carbonyl (C=O) groups is 2. The molecule has 0 fully saturated rings. The minimum atomic E-state index is -0.599. The molecule has 0 bridgehead atoms. The molecular weight excluding hydrogens is 516 g/mol. The number of anilines is 1. The smallest absolute Gasteiger partial charge is 0.271 e. The summed E-state index contributed by atoms with van der Waals surface area (Å²) in [6, 6.07) is 16.0. The van der Waals surface area contributed by atoms with Crippen LogP contribution in [0.15, 0.2) is 66.9 Å². The number of hydrogen-bond donors (Lipinski definition) is 2. The fourth-order valence-corrected chi connectivity index (χ4v) is 4.01. The molecule has 0 saturated carbocycles. The molecule has 10 heteroatoms. The van der Waals surface area contributed by atoms with Gasteiger partial charge >= 0.3 is 0 Å². The molecule has 190 valence electrons. The van der Waals surface area contributed by atoms with Crippen LogP contribution in [0.5, 0.6) is 0 Å². The number of carbonyl (C=O) groups excluding carboxylic acids is 2. The van der Waals surface area contributed by atoms with E-state index in [-0.39, 0.29) is 49.7 Å². The van der Waals surface area contributed by atoms with Gasteiger partial charge in [0.1, 0.15) is 17.3 Å². The number of amides is 2. The van der Waals surface area contributed by atoms with Crippen LogP contribution in [0, 0.1) is 11.2 Å². The van der Waals surface area contributed by atoms with E-state index in [4.69, 9.17) is 23.2 Å². The predicted molar refractivity (Wildman–Crippen MR) is 143 cm³/mol. The van der Waals surface area contributed by atoms with E-state index >= 15 is 0 Å². The molecule has 0 atom stereocenters. The molecule has 2 aromatic carbocycles. The lowest BCUT2D eigenvalue weighted by Gasteiger charge is -2.18. The van der Waals surface area contributed by atoms with E-state index in [0.29, 0.717) is 12.2 Å². The van der Waals surface area contributed by atoms with Gasteiger partial charge in [-0.15, -0.1) is 0 Å². The minimum Gasteiger partial charge on any atom is -0.350 e. The Bertz CT molecular complexity index is 1470. The first-order valence-electron chi connectivity index (χ1n) is 11.4. The van der Waals surface area contributed by atoms with Gasteiger partial charge in [0.25, 0.3) is 11.8 Å². The van der Waals surface area contributed by atoms with E-state index in [0.717, 1.165) is 0 Å². The standard InChI is InChI=1S/C27H24Cl2FN5O2/c1-27(2,3)15-32-26(37)22-14-23(35(34-22)16-8-5-4-6-9-16)33-25(36)18-12-17(19(28)13-20(18)29)24-21(30)10-7-11-31-24/h4-14H,15H2,1-3H3,(H,32,37)(H,33,36). The topological polar surface area (TPSA) is 88.9 Å². The van der Waals surface area contributed by atoms with E-state index < -0.39 is 11.7 Å². The molecule has 0 saturated heterocycles. The van der Waals surface area contributed by atoms with Gasteiger partial charge in [-0.3, -0.25) is 14.6 Å². The SMILES string of the molecule is CC(C)(C)CNC(=O)c1cc(NC(=O)c2cc(-c3ncccc3F)c(Cl)cc2Cl)n(-c2ccccc2)n1. The van der Waals surface area contributed by atoms with Gasteiger partial charge in [-0.2, -0.15) is 5.10 Å². The molecule has 2 N–H and O–H groups in total. The van der Waals surface area contributed by atoms with Crippen LogP contribution in [0.4, 0.5) is 10.2 Å². The average Bonchev–Trinajstić information content (AvgIpc) is 3.27. The first-order valence-corrected chi connectivity index (χ1v) is 12.1. The van der Waals surface area contributed by atoms with E-state index in [1.165, 1.54) is 41.2 Å². The summed E-state index contributed by atoms with van der Waals surface area (Å²) in [6.45, 7) is 6.45. The summed E-state index contributed by atoms with van der Waals surface area (Å²) in [4.78, 5) is 30.2. The van der Waals surface area contributed by atoms with Crippen molar-refractivity contribution in [1.82, 2.24) is 20.1 Å². The Morgan fingerprint density at radius 3 is 2.38 bits per heavy atom. The van der Waals surface area contributed by atoms with Crippen LogP contribution < -0.4 is 10.6 Å². The lowest BCUT2D eigenvalue weighted by molar-refractivity contribution is 0.0933. The zero-order valence-corrected chi connectivity index (χ0v) is 21.9. The molecule has 0 unspecified atom stereocenters. The van der Waals surface area contributed by atoms with Crippen molar-refractivity contribution in [2.45, 2.75) is 20.8 Å². The number of aromatic nitrogens is 3. The second-order valence-electron chi connectivity index (χ2n) is 9.51. The number of nitrogens with zero attached hydrogens (tertiary/aromatic N) is 3. The molecule has 2 heterocycles. The van der Waals surface area contributed by atoms with Gasteiger partial charge < -0.3 is 10.6 Å². The summed E-state index contributed by atoms with van der Waals surface area (Å²) >= 11 is 12.6. The van der Waals surface area contributed by atoms with Gasteiger partial charge in [0, 0.05) is 24.4 Å². The number of benzene rings is 2. The Kier molecular flexibility index (Phi) is 7.61. The van der Waals surface area contributed by atoms with Gasteiger partial charge in [0.2, 0.25) is 0 Å². The lowest BCUT2D eigenvalue weighted by Crippen LogP contribution is -2.32. The fraction of sp³-hybridized carbons (Fsp3) is 0.185. The Labute approximate surface area is 223 Å². The van der Waals surface area contributed by atoms with Crippen molar-refractivity contribution in [3.63, 3.8) is 0 Å². The third-order valence-corrected chi connectivity index (χ3v) is 5.90. The highest BCUT2D eigenvalue weighted by Crippen LogP contribution is 2.33. The monoisotopic (exact) mass is 539 g/mol. The summed E-state index contributed by atoms with van der Waals surface area (Å²) < 4.78 is 15.8. The second kappa shape index (κ2) is 10.7. The van der Waals surface area contributed by atoms with Crippen molar-refractivity contribution in [3.8, 4) is 16.9 Å². The number of nitrogens with one attached hydrogen (secondary N) is 2. The number of pyridine rings is 1. The summed E-state index contributed by atoms with van der Waals surface area (Å²) in [5.41, 5.74) is 0.891. The molecule has 2 amide bonds. The molecule has 0 radical (unpaired) electrons. The fourth-order valence-electron chi connectivity index (χ4n) is 3.46. The summed E-state index contributed by atoms with van der Waals surface area (Å²) in [5, 5.41) is 10.3. The van der Waals surface area contributed by atoms with E-state index in [2.05, 4.69) is 20.7 Å². The van der Waals surface area contributed by atoms with Gasteiger partial charge in [0.05, 0.1) is 21.3 Å². The quantitative estimate of drug-likeness (QED) is 0.296. The third kappa shape index (κ3) is 6.15. The molecule has 0 aliphatic rings. The summed E-state index contributed by atoms with van der Waals surface area (Å²) in [6.07, 6.45) is 1.42. The summed E-state index contributed by atoms with van der Waals surface area (Å²) in [5.74, 6) is -1.32. The minimum absolute atomic E-state index is 0.00894. The highest BCUT2D eigenvalue weighted by atomic mass is 35.5. The largest absolute Gasteiger partial charge is 0.350 e. The molecule has 2 aromatic heterocycles. The van der Waals surface area contributed by atoms with Gasteiger partial charge in [0.15, 0.2) is 5.69 Å².